The first kappa shape index (κ1) is 19.3. The summed E-state index contributed by atoms with van der Waals surface area (Å²) < 4.78 is 52.5. The number of anilines is 1. The molecule has 3 rings (SSSR count). The monoisotopic (exact) mass is 389 g/mol. The normalized spacial score (nSPS) is 12.7. The molecule has 0 radical (unpaired) electrons. The van der Waals surface area contributed by atoms with Crippen molar-refractivity contribution in [2.45, 2.75) is 6.18 Å². The van der Waals surface area contributed by atoms with Gasteiger partial charge in [-0.05, 0) is 31.0 Å². The number of hydrogen-bond donors (Lipinski definition) is 2. The summed E-state index contributed by atoms with van der Waals surface area (Å²) in [7, 11) is 1.58. The van der Waals surface area contributed by atoms with Gasteiger partial charge in [-0.25, -0.2) is 9.37 Å². The Bertz CT molecular complexity index is 1060. The number of imidazole rings is 1. The number of aromatic nitrogens is 2. The number of H-pyrrole nitrogens is 1. The number of hydrogen-bond acceptors (Lipinski definition) is 4. The number of nitrogens with zero attached hydrogens (tertiary/aromatic N) is 3. The van der Waals surface area contributed by atoms with Crippen molar-refractivity contribution >= 4 is 29.7 Å². The first-order valence-corrected chi connectivity index (χ1v) is 8.04. The average molecular weight is 389 g/mol. The smallest absolute Gasteiger partial charge is 0.353 e. The fourth-order valence-corrected chi connectivity index (χ4v) is 2.60. The standard InChI is InChI=1S/C19H15F4N5/c1-24-9-14(10-25-2)26-13-7-15(20)17-16(8-13)27-18(28-17)11-3-5-12(6-4-11)19(21,22)23/h3-10,26H,1H2,2H3,(H,27,28)/b14-9+,25-10?. The number of aromatic amines is 1. The Morgan fingerprint density at radius 1 is 1.21 bits per heavy atom. The van der Waals surface area contributed by atoms with Crippen LogP contribution in [0.2, 0.25) is 0 Å². The van der Waals surface area contributed by atoms with Crippen LogP contribution in [0.5, 0.6) is 0 Å². The van der Waals surface area contributed by atoms with Crippen LogP contribution in [0, 0.1) is 5.82 Å². The Kier molecular flexibility index (Phi) is 5.25. The zero-order valence-corrected chi connectivity index (χ0v) is 14.7. The van der Waals surface area contributed by atoms with Crippen molar-refractivity contribution in [3.05, 3.63) is 59.7 Å². The largest absolute Gasteiger partial charge is 0.416 e. The van der Waals surface area contributed by atoms with Gasteiger partial charge in [-0.2, -0.15) is 13.2 Å². The van der Waals surface area contributed by atoms with Gasteiger partial charge >= 0.3 is 6.18 Å². The zero-order chi connectivity index (χ0) is 20.3. The lowest BCUT2D eigenvalue weighted by atomic mass is 10.1. The van der Waals surface area contributed by atoms with Gasteiger partial charge in [0, 0.05) is 24.5 Å². The number of aliphatic imine (C=N–C) groups is 2. The molecule has 144 valence electrons. The molecule has 0 aliphatic heterocycles. The lowest BCUT2D eigenvalue weighted by Crippen LogP contribution is -2.04. The van der Waals surface area contributed by atoms with Crippen LogP contribution < -0.4 is 5.32 Å². The molecule has 0 amide bonds. The van der Waals surface area contributed by atoms with E-state index in [1.165, 1.54) is 30.6 Å². The SMILES string of the molecule is C=N/C=C(\C=NC)Nc1cc(F)c2nc(-c3ccc(C(F)(F)F)cc3)[nH]c2c1. The molecule has 0 aliphatic rings. The van der Waals surface area contributed by atoms with Crippen molar-refractivity contribution in [3.63, 3.8) is 0 Å². The van der Waals surface area contributed by atoms with E-state index in [1.807, 2.05) is 0 Å². The minimum absolute atomic E-state index is 0.0805. The van der Waals surface area contributed by atoms with Crippen LogP contribution in [0.3, 0.4) is 0 Å². The van der Waals surface area contributed by atoms with Crippen LogP contribution in [-0.4, -0.2) is 29.9 Å². The topological polar surface area (TPSA) is 65.4 Å². The van der Waals surface area contributed by atoms with E-state index in [0.29, 0.717) is 22.5 Å². The van der Waals surface area contributed by atoms with Crippen LogP contribution in [0.1, 0.15) is 5.56 Å². The van der Waals surface area contributed by atoms with E-state index in [2.05, 4.69) is 32.0 Å². The molecule has 0 saturated heterocycles. The van der Waals surface area contributed by atoms with Gasteiger partial charge in [-0.3, -0.25) is 9.98 Å². The van der Waals surface area contributed by atoms with Gasteiger partial charge in [-0.1, -0.05) is 12.1 Å². The van der Waals surface area contributed by atoms with Crippen molar-refractivity contribution in [3.8, 4) is 11.4 Å². The quantitative estimate of drug-likeness (QED) is 0.474. The number of allylic oxidation sites excluding steroid dienone is 1. The molecule has 3 aromatic rings. The summed E-state index contributed by atoms with van der Waals surface area (Å²) in [6, 6.07) is 7.35. The highest BCUT2D eigenvalue weighted by atomic mass is 19.4. The Labute approximate surface area is 157 Å². The molecular formula is C19H15F4N5. The van der Waals surface area contributed by atoms with E-state index in [1.54, 1.807) is 13.1 Å². The number of alkyl halides is 3. The van der Waals surface area contributed by atoms with E-state index >= 15 is 0 Å². The first-order chi connectivity index (χ1) is 13.3. The summed E-state index contributed by atoms with van der Waals surface area (Å²) in [5.74, 6) is -0.327. The van der Waals surface area contributed by atoms with Crippen LogP contribution in [0.4, 0.5) is 23.2 Å². The van der Waals surface area contributed by atoms with Crippen LogP contribution >= 0.6 is 0 Å². The van der Waals surface area contributed by atoms with E-state index < -0.39 is 17.6 Å². The first-order valence-electron chi connectivity index (χ1n) is 8.04. The lowest BCUT2D eigenvalue weighted by Gasteiger charge is -2.06. The van der Waals surface area contributed by atoms with Crippen LogP contribution in [0.25, 0.3) is 22.4 Å². The average Bonchev–Trinajstić information content (AvgIpc) is 3.06. The maximum atomic E-state index is 14.5. The molecule has 1 heterocycles. The summed E-state index contributed by atoms with van der Waals surface area (Å²) in [5.41, 5.74) is 1.03. The number of fused-ring (bicyclic) bond motifs is 1. The van der Waals surface area contributed by atoms with Gasteiger partial charge in [0.1, 0.15) is 11.3 Å². The minimum atomic E-state index is -4.42. The van der Waals surface area contributed by atoms with Crippen molar-refractivity contribution in [2.24, 2.45) is 9.98 Å². The Morgan fingerprint density at radius 3 is 2.54 bits per heavy atom. The van der Waals surface area contributed by atoms with Crippen molar-refractivity contribution in [1.82, 2.24) is 9.97 Å². The van der Waals surface area contributed by atoms with Gasteiger partial charge in [0.2, 0.25) is 0 Å². The molecule has 0 aliphatic carbocycles. The van der Waals surface area contributed by atoms with Crippen molar-refractivity contribution in [1.29, 1.82) is 0 Å². The highest BCUT2D eigenvalue weighted by Crippen LogP contribution is 2.31. The highest BCUT2D eigenvalue weighted by molar-refractivity contribution is 5.87. The molecule has 1 aromatic heterocycles. The van der Waals surface area contributed by atoms with Crippen molar-refractivity contribution in [2.75, 3.05) is 12.4 Å². The molecular weight excluding hydrogens is 374 g/mol. The third-order valence-corrected chi connectivity index (χ3v) is 3.81. The predicted octanol–water partition coefficient (Wildman–Crippen LogP) is 5.04. The Hall–Kier alpha value is -3.49. The van der Waals surface area contributed by atoms with E-state index in [9.17, 15) is 17.6 Å². The second kappa shape index (κ2) is 7.63. The van der Waals surface area contributed by atoms with Gasteiger partial charge < -0.3 is 10.3 Å². The summed E-state index contributed by atoms with van der Waals surface area (Å²) in [4.78, 5) is 14.6. The molecule has 28 heavy (non-hydrogen) atoms. The van der Waals surface area contributed by atoms with E-state index in [4.69, 9.17) is 0 Å². The Morgan fingerprint density at radius 2 is 1.93 bits per heavy atom. The fourth-order valence-electron chi connectivity index (χ4n) is 2.60. The van der Waals surface area contributed by atoms with Crippen molar-refractivity contribution < 1.29 is 17.6 Å². The molecule has 2 N–H and O–H groups in total. The van der Waals surface area contributed by atoms with Gasteiger partial charge in [0.25, 0.3) is 0 Å². The molecule has 0 atom stereocenters. The predicted molar refractivity (Wildman–Crippen MR) is 102 cm³/mol. The highest BCUT2D eigenvalue weighted by Gasteiger charge is 2.30. The summed E-state index contributed by atoms with van der Waals surface area (Å²) in [6.07, 6.45) is -1.50. The fraction of sp³-hybridized carbons (Fsp3) is 0.105. The summed E-state index contributed by atoms with van der Waals surface area (Å²) in [5, 5.41) is 2.95. The Balaban J connectivity index is 1.96. The van der Waals surface area contributed by atoms with E-state index in [0.717, 1.165) is 12.1 Å². The molecule has 0 spiro atoms. The summed E-state index contributed by atoms with van der Waals surface area (Å²) >= 11 is 0. The molecule has 0 unspecified atom stereocenters. The zero-order valence-electron chi connectivity index (χ0n) is 14.7. The molecule has 0 saturated carbocycles. The molecule has 2 aromatic carbocycles. The number of halogens is 4. The van der Waals surface area contributed by atoms with Gasteiger partial charge in [-0.15, -0.1) is 0 Å². The maximum absolute atomic E-state index is 14.5. The van der Waals surface area contributed by atoms with Gasteiger partial charge in [0.15, 0.2) is 5.82 Å². The molecule has 0 bridgehead atoms. The van der Waals surface area contributed by atoms with Crippen LogP contribution in [0.15, 0.2) is 58.3 Å². The number of nitrogens with one attached hydrogen (secondary N) is 2. The second-order valence-electron chi connectivity index (χ2n) is 5.79. The third kappa shape index (κ3) is 4.08. The maximum Gasteiger partial charge on any atom is 0.416 e. The molecule has 5 nitrogen and oxygen atoms in total. The van der Waals surface area contributed by atoms with Crippen LogP contribution in [-0.2, 0) is 6.18 Å². The third-order valence-electron chi connectivity index (χ3n) is 3.81. The molecule has 9 heteroatoms. The second-order valence-corrected chi connectivity index (χ2v) is 5.79. The summed E-state index contributed by atoms with van der Waals surface area (Å²) in [6.45, 7) is 3.36. The number of benzene rings is 2. The van der Waals surface area contributed by atoms with Gasteiger partial charge in [0.05, 0.1) is 23.0 Å². The molecule has 0 fully saturated rings. The number of rotatable bonds is 5. The minimum Gasteiger partial charge on any atom is -0.353 e. The lowest BCUT2D eigenvalue weighted by molar-refractivity contribution is -0.137. The van der Waals surface area contributed by atoms with E-state index in [-0.39, 0.29) is 11.3 Å².